The number of H-pyrrole nitrogens is 3. The first-order valence-electron chi connectivity index (χ1n) is 28.9. The summed E-state index contributed by atoms with van der Waals surface area (Å²) in [7, 11) is 0. The third-order valence-electron chi connectivity index (χ3n) is 19.1. The highest BCUT2D eigenvalue weighted by atomic mass is 16.1. The molecule has 0 fully saturated rings. The van der Waals surface area contributed by atoms with Crippen molar-refractivity contribution in [2.24, 2.45) is 0 Å². The molecule has 18 aromatic rings. The lowest BCUT2D eigenvalue weighted by Gasteiger charge is -2.17. The average molecular weight is 1070 g/mol. The molecule has 0 aliphatic heterocycles. The summed E-state index contributed by atoms with van der Waals surface area (Å²) in [5.74, 6) is 0. The first kappa shape index (κ1) is 45.7. The number of hydrogen-bond acceptors (Lipinski definition) is 3. The van der Waals surface area contributed by atoms with Crippen LogP contribution in [0.15, 0.2) is 233 Å². The fourth-order valence-corrected chi connectivity index (χ4v) is 15.9. The van der Waals surface area contributed by atoms with Gasteiger partial charge in [-0.05, 0) is 120 Å². The predicted octanol–water partition coefficient (Wildman–Crippen LogP) is 18.0. The normalized spacial score (nSPS) is 13.0. The zero-order valence-electron chi connectivity index (χ0n) is 45.1. The molecule has 3 heterocycles. The second-order valence-electron chi connectivity index (χ2n) is 23.2. The first-order valence-corrected chi connectivity index (χ1v) is 28.9. The van der Waals surface area contributed by atoms with Crippen molar-refractivity contribution in [3.05, 3.63) is 282 Å². The monoisotopic (exact) mass is 1070 g/mol. The number of nitrogens with one attached hydrogen (secondary N) is 3. The molecule has 0 bridgehead atoms. The van der Waals surface area contributed by atoms with Crippen LogP contribution in [0.3, 0.4) is 0 Å². The molecule has 6 heteroatoms. The molecule has 0 radical (unpaired) electrons. The molecule has 6 nitrogen and oxygen atoms in total. The summed E-state index contributed by atoms with van der Waals surface area (Å²) < 4.78 is 0. The van der Waals surface area contributed by atoms with Crippen LogP contribution in [0.4, 0.5) is 0 Å². The van der Waals surface area contributed by atoms with Gasteiger partial charge in [0.15, 0.2) is 16.3 Å². The van der Waals surface area contributed by atoms with Gasteiger partial charge >= 0.3 is 0 Å². The average Bonchev–Trinajstić information content (AvgIpc) is 1.96. The van der Waals surface area contributed by atoms with Crippen molar-refractivity contribution in [1.82, 2.24) is 15.0 Å². The maximum absolute atomic E-state index is 13.5. The van der Waals surface area contributed by atoms with E-state index in [1.807, 2.05) is 54.6 Å². The summed E-state index contributed by atoms with van der Waals surface area (Å²) in [6, 6.07) is 75.0. The molecule has 0 saturated heterocycles. The van der Waals surface area contributed by atoms with Gasteiger partial charge in [0.05, 0.1) is 16.6 Å². The lowest BCUT2D eigenvalue weighted by atomic mass is 9.86. The fourth-order valence-electron chi connectivity index (χ4n) is 15.9. The molecular weight excluding hydrogens is 1030 g/mol. The second-order valence-corrected chi connectivity index (χ2v) is 23.2. The van der Waals surface area contributed by atoms with Gasteiger partial charge in [-0.3, -0.25) is 14.4 Å². The third-order valence-corrected chi connectivity index (χ3v) is 19.1. The molecule has 0 unspecified atom stereocenters. The Kier molecular flexibility index (Phi) is 9.04. The maximum atomic E-state index is 13.5. The van der Waals surface area contributed by atoms with Crippen molar-refractivity contribution in [3.8, 4) is 33.4 Å². The Balaban J connectivity index is 0.0000000931. The van der Waals surface area contributed by atoms with Crippen LogP contribution < -0.4 is 16.3 Å². The van der Waals surface area contributed by atoms with Crippen LogP contribution >= 0.6 is 0 Å². The summed E-state index contributed by atoms with van der Waals surface area (Å²) in [5.41, 5.74) is 24.9. The lowest BCUT2D eigenvalue weighted by molar-refractivity contribution is 1.21. The highest BCUT2D eigenvalue weighted by Crippen LogP contribution is 2.56. The van der Waals surface area contributed by atoms with E-state index in [4.69, 9.17) is 0 Å². The molecular formula is C78H45N3O3. The van der Waals surface area contributed by atoms with E-state index in [1.165, 1.54) is 115 Å². The largest absolute Gasteiger partial charge is 0.354 e. The maximum Gasteiger partial charge on any atom is 0.194 e. The van der Waals surface area contributed by atoms with E-state index in [2.05, 4.69) is 161 Å². The van der Waals surface area contributed by atoms with E-state index < -0.39 is 0 Å². The van der Waals surface area contributed by atoms with Crippen molar-refractivity contribution in [3.63, 3.8) is 0 Å². The Morgan fingerprint density at radius 2 is 0.464 bits per heavy atom. The number of para-hydroxylation sites is 3. The van der Waals surface area contributed by atoms with Crippen LogP contribution in [0, 0.1) is 0 Å². The van der Waals surface area contributed by atoms with E-state index in [1.54, 1.807) is 34.9 Å². The first-order chi connectivity index (χ1) is 41.5. The number of aromatic amines is 3. The van der Waals surface area contributed by atoms with Crippen LogP contribution in [0.25, 0.3) is 163 Å². The van der Waals surface area contributed by atoms with E-state index in [0.29, 0.717) is 48.5 Å². The topological polar surface area (TPSA) is 98.6 Å². The molecule has 84 heavy (non-hydrogen) atoms. The molecule has 3 N–H and O–H groups in total. The summed E-state index contributed by atoms with van der Waals surface area (Å²) in [6.45, 7) is 0. The van der Waals surface area contributed by atoms with Gasteiger partial charge in [-0.25, -0.2) is 0 Å². The molecule has 0 saturated carbocycles. The number of fused-ring (bicyclic) bond motifs is 36. The summed E-state index contributed by atoms with van der Waals surface area (Å²) in [6.07, 6.45) is 3.23. The Bertz CT molecular complexity index is 5490. The molecule has 21 rings (SSSR count). The minimum absolute atomic E-state index is 0.118. The van der Waals surface area contributed by atoms with Gasteiger partial charge in [-0.2, -0.15) is 0 Å². The number of rotatable bonds is 0. The summed E-state index contributed by atoms with van der Waals surface area (Å²) in [5, 5.41) is 15.2. The Hall–Kier alpha value is -11.0. The molecule has 0 atom stereocenters. The van der Waals surface area contributed by atoms with E-state index in [9.17, 15) is 14.4 Å². The highest BCUT2D eigenvalue weighted by Gasteiger charge is 2.37. The standard InChI is InChI=1S/C27H12O3.C27H18.C24H15N3/c28-25-16-10-4-1-7-13(16)19-22(25)20-15-9-3-6-12-18(15)27(30)24(20)21-14-8-2-5-11-17(14)26(29)23(19)21;1-4-10-19-16(7-1)13-22-25(19)23-14-17-8-3-6-12-21(17)27(23)24-15-18-9-2-5-11-20(18)26(22)24;1-4-10-16-13(7-1)19-22(25-16)20-15-9-3-6-12-18(15)27-24(20)21-14-8-2-5-11-17(14)26-23(19)21/h1-12H;1-12H,13-15H2;1-12,25-27H. The van der Waals surface area contributed by atoms with E-state index in [0.717, 1.165) is 35.4 Å². The molecule has 390 valence electrons. The minimum Gasteiger partial charge on any atom is -0.354 e. The number of aromatic nitrogens is 3. The van der Waals surface area contributed by atoms with Gasteiger partial charge in [0.2, 0.25) is 0 Å². The molecule has 3 aromatic heterocycles. The predicted molar refractivity (Wildman–Crippen MR) is 350 cm³/mol. The van der Waals surface area contributed by atoms with Crippen LogP contribution in [0.2, 0.25) is 0 Å². The van der Waals surface area contributed by atoms with Gasteiger partial charge < -0.3 is 15.0 Å². The second kappa shape index (κ2) is 16.6. The van der Waals surface area contributed by atoms with Crippen LogP contribution in [0.5, 0.6) is 0 Å². The van der Waals surface area contributed by atoms with Crippen molar-refractivity contribution in [1.29, 1.82) is 0 Å². The Morgan fingerprint density at radius 3 is 0.762 bits per heavy atom. The van der Waals surface area contributed by atoms with Gasteiger partial charge in [0.1, 0.15) is 0 Å². The number of hydrogen-bond donors (Lipinski definition) is 3. The Labute approximate surface area is 477 Å². The zero-order chi connectivity index (χ0) is 55.2. The van der Waals surface area contributed by atoms with E-state index in [-0.39, 0.29) is 16.3 Å². The van der Waals surface area contributed by atoms with Gasteiger partial charge in [0.25, 0.3) is 0 Å². The molecule has 3 aliphatic rings. The fraction of sp³-hybridized carbons (Fsp3) is 0.0385. The Morgan fingerprint density at radius 1 is 0.226 bits per heavy atom. The van der Waals surface area contributed by atoms with Crippen LogP contribution in [-0.2, 0) is 19.3 Å². The summed E-state index contributed by atoms with van der Waals surface area (Å²) in [4.78, 5) is 51.7. The molecule has 3 aliphatic carbocycles. The smallest absolute Gasteiger partial charge is 0.194 e. The lowest BCUT2D eigenvalue weighted by Crippen LogP contribution is -1.99. The van der Waals surface area contributed by atoms with Crippen molar-refractivity contribution < 1.29 is 0 Å². The van der Waals surface area contributed by atoms with Crippen LogP contribution in [0.1, 0.15) is 33.4 Å². The molecule has 0 amide bonds. The van der Waals surface area contributed by atoms with Gasteiger partial charge in [0, 0.05) is 97.3 Å². The number of benzene rings is 12. The highest BCUT2D eigenvalue weighted by molar-refractivity contribution is 6.43. The zero-order valence-corrected chi connectivity index (χ0v) is 45.1. The van der Waals surface area contributed by atoms with Crippen LogP contribution in [-0.4, -0.2) is 15.0 Å². The molecule has 15 aromatic carbocycles. The SMILES string of the molecule is O=c1c2ccccc2c2c1c1c3ccccc3c(=O)c1c1c3ccccc3c(=O)c21.c1ccc2c(c1)Cc1c-2c2c(c3c1-c1ccccc1C3)-c1ccccc1C2.c1ccc2c(c1)[nH]c1c2c2[nH]c3ccccc3c2c2[nH]c3ccccc3c12. The van der Waals surface area contributed by atoms with Crippen molar-refractivity contribution in [2.75, 3.05) is 0 Å². The van der Waals surface area contributed by atoms with Gasteiger partial charge in [-0.1, -0.05) is 200 Å². The quantitative estimate of drug-likeness (QED) is 0.141. The van der Waals surface area contributed by atoms with Crippen molar-refractivity contribution >= 4 is 130 Å². The molecule has 0 spiro atoms. The van der Waals surface area contributed by atoms with Crippen molar-refractivity contribution in [2.45, 2.75) is 19.3 Å². The van der Waals surface area contributed by atoms with E-state index >= 15 is 0 Å². The summed E-state index contributed by atoms with van der Waals surface area (Å²) >= 11 is 0. The minimum atomic E-state index is -0.118. The van der Waals surface area contributed by atoms with Gasteiger partial charge in [-0.15, -0.1) is 0 Å². The third kappa shape index (κ3) is 5.85.